The van der Waals surface area contributed by atoms with Crippen LogP contribution in [0, 0.1) is 5.82 Å². The van der Waals surface area contributed by atoms with Crippen LogP contribution in [0.25, 0.3) is 0 Å². The van der Waals surface area contributed by atoms with Gasteiger partial charge in [0.25, 0.3) is 0 Å². The first-order valence-corrected chi connectivity index (χ1v) is 6.81. The van der Waals surface area contributed by atoms with Crippen LogP contribution in [0.3, 0.4) is 0 Å². The van der Waals surface area contributed by atoms with Gasteiger partial charge in [-0.15, -0.1) is 0 Å². The highest BCUT2D eigenvalue weighted by Crippen LogP contribution is 2.30. The molecule has 22 heavy (non-hydrogen) atoms. The topological polar surface area (TPSA) is 74.4 Å². The number of anilines is 1. The van der Waals surface area contributed by atoms with E-state index in [2.05, 4.69) is 4.98 Å². The SMILES string of the molecule is CC[C@H](Oc1cccnc1N)c1cc(F)ccc1C(=O)OC. The summed E-state index contributed by atoms with van der Waals surface area (Å²) < 4.78 is 24.1. The van der Waals surface area contributed by atoms with Crippen LogP contribution in [-0.4, -0.2) is 18.1 Å². The molecule has 0 radical (unpaired) electrons. The number of hydrogen-bond donors (Lipinski definition) is 1. The molecule has 0 aliphatic heterocycles. The van der Waals surface area contributed by atoms with Crippen molar-refractivity contribution >= 4 is 11.8 Å². The number of aromatic nitrogens is 1. The molecule has 0 amide bonds. The highest BCUT2D eigenvalue weighted by atomic mass is 19.1. The van der Waals surface area contributed by atoms with E-state index < -0.39 is 17.9 Å². The minimum absolute atomic E-state index is 0.233. The maximum atomic E-state index is 13.6. The van der Waals surface area contributed by atoms with Crippen molar-refractivity contribution in [3.05, 3.63) is 53.5 Å². The number of hydrogen-bond acceptors (Lipinski definition) is 5. The molecule has 0 saturated carbocycles. The Kier molecular flexibility index (Phi) is 4.93. The first-order chi connectivity index (χ1) is 10.6. The normalized spacial score (nSPS) is 11.8. The number of carbonyl (C=O) groups is 1. The molecule has 0 spiro atoms. The molecule has 1 aromatic carbocycles. The maximum Gasteiger partial charge on any atom is 0.338 e. The third-order valence-corrected chi connectivity index (χ3v) is 3.21. The largest absolute Gasteiger partial charge is 0.482 e. The van der Waals surface area contributed by atoms with E-state index in [0.29, 0.717) is 17.7 Å². The van der Waals surface area contributed by atoms with E-state index >= 15 is 0 Å². The number of nitrogens with zero attached hydrogens (tertiary/aromatic N) is 1. The predicted octanol–water partition coefficient (Wildman–Crippen LogP) is 3.12. The van der Waals surface area contributed by atoms with Crippen LogP contribution in [0.15, 0.2) is 36.5 Å². The highest BCUT2D eigenvalue weighted by Gasteiger charge is 2.21. The van der Waals surface area contributed by atoms with Gasteiger partial charge in [0.2, 0.25) is 0 Å². The number of pyridine rings is 1. The van der Waals surface area contributed by atoms with Gasteiger partial charge in [-0.1, -0.05) is 6.92 Å². The second kappa shape index (κ2) is 6.89. The quantitative estimate of drug-likeness (QED) is 0.859. The molecule has 116 valence electrons. The summed E-state index contributed by atoms with van der Waals surface area (Å²) in [5, 5.41) is 0. The number of benzene rings is 1. The van der Waals surface area contributed by atoms with Crippen molar-refractivity contribution in [1.29, 1.82) is 0 Å². The molecule has 0 saturated heterocycles. The first-order valence-electron chi connectivity index (χ1n) is 6.81. The Morgan fingerprint density at radius 1 is 1.41 bits per heavy atom. The Balaban J connectivity index is 2.40. The van der Waals surface area contributed by atoms with Crippen molar-refractivity contribution in [3.8, 4) is 5.75 Å². The van der Waals surface area contributed by atoms with Gasteiger partial charge in [0, 0.05) is 11.8 Å². The fraction of sp³-hybridized carbons (Fsp3) is 0.250. The summed E-state index contributed by atoms with van der Waals surface area (Å²) in [6.45, 7) is 1.86. The molecule has 1 heterocycles. The lowest BCUT2D eigenvalue weighted by molar-refractivity contribution is 0.0594. The van der Waals surface area contributed by atoms with E-state index in [4.69, 9.17) is 15.2 Å². The lowest BCUT2D eigenvalue weighted by atomic mass is 10.00. The van der Waals surface area contributed by atoms with Crippen molar-refractivity contribution in [2.75, 3.05) is 12.8 Å². The fourth-order valence-electron chi connectivity index (χ4n) is 2.12. The molecule has 2 N–H and O–H groups in total. The Labute approximate surface area is 127 Å². The average Bonchev–Trinajstić information content (AvgIpc) is 2.53. The van der Waals surface area contributed by atoms with Gasteiger partial charge in [-0.25, -0.2) is 14.2 Å². The van der Waals surface area contributed by atoms with Gasteiger partial charge >= 0.3 is 5.97 Å². The Morgan fingerprint density at radius 2 is 2.18 bits per heavy atom. The summed E-state index contributed by atoms with van der Waals surface area (Å²) in [6, 6.07) is 7.22. The highest BCUT2D eigenvalue weighted by molar-refractivity contribution is 5.91. The Bertz CT molecular complexity index is 676. The third-order valence-electron chi connectivity index (χ3n) is 3.21. The second-order valence-electron chi connectivity index (χ2n) is 4.62. The molecule has 0 bridgehead atoms. The summed E-state index contributed by atoms with van der Waals surface area (Å²) in [7, 11) is 1.27. The van der Waals surface area contributed by atoms with Crippen LogP contribution in [0.4, 0.5) is 10.2 Å². The standard InChI is InChI=1S/C16H17FN2O3/c1-3-13(22-14-5-4-8-19-15(14)18)12-9-10(17)6-7-11(12)16(20)21-2/h4-9,13H,3H2,1-2H3,(H2,18,19)/t13-/m0/s1. The molecular formula is C16H17FN2O3. The fourth-order valence-corrected chi connectivity index (χ4v) is 2.12. The number of methoxy groups -OCH3 is 1. The van der Waals surface area contributed by atoms with E-state index in [1.165, 1.54) is 25.3 Å². The molecule has 5 nitrogen and oxygen atoms in total. The Morgan fingerprint density at radius 3 is 2.82 bits per heavy atom. The van der Waals surface area contributed by atoms with Crippen molar-refractivity contribution in [1.82, 2.24) is 4.98 Å². The maximum absolute atomic E-state index is 13.6. The lowest BCUT2D eigenvalue weighted by Gasteiger charge is -2.20. The molecule has 1 atom stereocenters. The molecule has 0 fully saturated rings. The van der Waals surface area contributed by atoms with Crippen molar-refractivity contribution in [2.45, 2.75) is 19.4 Å². The van der Waals surface area contributed by atoms with Gasteiger partial charge in [0.05, 0.1) is 12.7 Å². The van der Waals surface area contributed by atoms with Crippen LogP contribution in [0.5, 0.6) is 5.75 Å². The van der Waals surface area contributed by atoms with Crippen LogP contribution < -0.4 is 10.5 Å². The first kappa shape index (κ1) is 15.8. The molecule has 0 aliphatic rings. The van der Waals surface area contributed by atoms with Crippen LogP contribution >= 0.6 is 0 Å². The number of nitrogen functional groups attached to an aromatic ring is 1. The number of rotatable bonds is 5. The van der Waals surface area contributed by atoms with Gasteiger partial charge in [0.1, 0.15) is 11.9 Å². The molecule has 1 aromatic heterocycles. The van der Waals surface area contributed by atoms with Crippen molar-refractivity contribution in [3.63, 3.8) is 0 Å². The van der Waals surface area contributed by atoms with Crippen LogP contribution in [-0.2, 0) is 4.74 Å². The molecule has 0 aliphatic carbocycles. The zero-order valence-electron chi connectivity index (χ0n) is 12.4. The third kappa shape index (κ3) is 3.33. The summed E-state index contributed by atoms with van der Waals surface area (Å²) in [5.41, 5.74) is 6.43. The van der Waals surface area contributed by atoms with E-state index in [9.17, 15) is 9.18 Å². The van der Waals surface area contributed by atoms with Crippen molar-refractivity contribution < 1.29 is 18.7 Å². The summed E-state index contributed by atoms with van der Waals surface area (Å²) >= 11 is 0. The molecule has 6 heteroatoms. The summed E-state index contributed by atoms with van der Waals surface area (Å²) in [5.74, 6) is -0.383. The van der Waals surface area contributed by atoms with Gasteiger partial charge in [-0.2, -0.15) is 0 Å². The molecule has 2 rings (SSSR count). The number of ether oxygens (including phenoxy) is 2. The van der Waals surface area contributed by atoms with Crippen molar-refractivity contribution in [2.24, 2.45) is 0 Å². The van der Waals surface area contributed by atoms with E-state index in [1.807, 2.05) is 6.92 Å². The van der Waals surface area contributed by atoms with E-state index in [0.717, 1.165) is 0 Å². The Hall–Kier alpha value is -2.63. The number of halogens is 1. The lowest BCUT2D eigenvalue weighted by Crippen LogP contribution is -2.14. The van der Waals surface area contributed by atoms with E-state index in [-0.39, 0.29) is 11.4 Å². The van der Waals surface area contributed by atoms with Gasteiger partial charge in [-0.05, 0) is 36.8 Å². The second-order valence-corrected chi connectivity index (χ2v) is 4.62. The minimum atomic E-state index is -0.545. The predicted molar refractivity (Wildman–Crippen MR) is 80.0 cm³/mol. The van der Waals surface area contributed by atoms with Gasteiger partial charge < -0.3 is 15.2 Å². The van der Waals surface area contributed by atoms with Crippen LogP contribution in [0.2, 0.25) is 0 Å². The van der Waals surface area contributed by atoms with Crippen LogP contribution in [0.1, 0.15) is 35.4 Å². The monoisotopic (exact) mass is 304 g/mol. The average molecular weight is 304 g/mol. The summed E-state index contributed by atoms with van der Waals surface area (Å²) in [4.78, 5) is 15.8. The van der Waals surface area contributed by atoms with Gasteiger partial charge in [0.15, 0.2) is 11.6 Å². The summed E-state index contributed by atoms with van der Waals surface area (Å²) in [6.07, 6.45) is 1.52. The molecule has 2 aromatic rings. The number of esters is 1. The zero-order chi connectivity index (χ0) is 16.1. The smallest absolute Gasteiger partial charge is 0.338 e. The van der Waals surface area contributed by atoms with E-state index in [1.54, 1.807) is 18.3 Å². The molecule has 0 unspecified atom stereocenters. The zero-order valence-corrected chi connectivity index (χ0v) is 12.4. The number of carbonyl (C=O) groups excluding carboxylic acids is 1. The van der Waals surface area contributed by atoms with Gasteiger partial charge in [-0.3, -0.25) is 0 Å². The minimum Gasteiger partial charge on any atom is -0.482 e. The number of nitrogens with two attached hydrogens (primary N) is 1. The molecular weight excluding hydrogens is 287 g/mol.